The number of aryl methyl sites for hydroxylation is 1. The lowest BCUT2D eigenvalue weighted by Crippen LogP contribution is -2.32. The SMILES string of the molecule is CC(Cn1ccnc1)NC1CCc2cc(Cl)ccc21. The first-order valence-corrected chi connectivity index (χ1v) is 7.10. The Morgan fingerprint density at radius 3 is 3.21 bits per heavy atom. The summed E-state index contributed by atoms with van der Waals surface area (Å²) < 4.78 is 2.11. The molecule has 100 valence electrons. The molecular weight excluding hydrogens is 258 g/mol. The van der Waals surface area contributed by atoms with E-state index in [1.807, 2.05) is 24.8 Å². The van der Waals surface area contributed by atoms with Gasteiger partial charge in [-0.2, -0.15) is 0 Å². The van der Waals surface area contributed by atoms with Gasteiger partial charge in [-0.3, -0.25) is 0 Å². The molecule has 1 heterocycles. The Morgan fingerprint density at radius 1 is 1.53 bits per heavy atom. The Labute approximate surface area is 118 Å². The van der Waals surface area contributed by atoms with Crippen LogP contribution in [0.2, 0.25) is 5.02 Å². The molecule has 2 aromatic rings. The largest absolute Gasteiger partial charge is 0.336 e. The first-order chi connectivity index (χ1) is 9.22. The smallest absolute Gasteiger partial charge is 0.0946 e. The third-order valence-corrected chi connectivity index (χ3v) is 3.95. The molecule has 1 aliphatic carbocycles. The zero-order valence-corrected chi connectivity index (χ0v) is 11.8. The predicted molar refractivity (Wildman–Crippen MR) is 77.3 cm³/mol. The third kappa shape index (κ3) is 2.82. The van der Waals surface area contributed by atoms with Crippen molar-refractivity contribution in [3.63, 3.8) is 0 Å². The zero-order valence-electron chi connectivity index (χ0n) is 11.0. The van der Waals surface area contributed by atoms with E-state index >= 15 is 0 Å². The summed E-state index contributed by atoms with van der Waals surface area (Å²) in [5, 5.41) is 4.54. The highest BCUT2D eigenvalue weighted by Crippen LogP contribution is 2.33. The second kappa shape index (κ2) is 5.35. The minimum atomic E-state index is 0.417. The highest BCUT2D eigenvalue weighted by atomic mass is 35.5. The van der Waals surface area contributed by atoms with Crippen LogP contribution in [-0.2, 0) is 13.0 Å². The molecule has 0 bridgehead atoms. The highest BCUT2D eigenvalue weighted by Gasteiger charge is 2.23. The van der Waals surface area contributed by atoms with Crippen LogP contribution in [0.1, 0.15) is 30.5 Å². The van der Waals surface area contributed by atoms with Crippen LogP contribution in [0.3, 0.4) is 0 Å². The Bertz CT molecular complexity index is 551. The number of hydrogen-bond acceptors (Lipinski definition) is 2. The lowest BCUT2D eigenvalue weighted by molar-refractivity contribution is 0.412. The standard InChI is InChI=1S/C15H18ClN3/c1-11(9-19-7-6-17-10-19)18-15-5-2-12-8-13(16)3-4-14(12)15/h3-4,6-8,10-11,15,18H,2,5,9H2,1H3. The molecule has 19 heavy (non-hydrogen) atoms. The quantitative estimate of drug-likeness (QED) is 0.929. The summed E-state index contributed by atoms with van der Waals surface area (Å²) in [6, 6.07) is 7.11. The Hall–Kier alpha value is -1.32. The number of fused-ring (bicyclic) bond motifs is 1. The highest BCUT2D eigenvalue weighted by molar-refractivity contribution is 6.30. The van der Waals surface area contributed by atoms with E-state index in [2.05, 4.69) is 33.9 Å². The summed E-state index contributed by atoms with van der Waals surface area (Å²) in [7, 11) is 0. The summed E-state index contributed by atoms with van der Waals surface area (Å²) in [4.78, 5) is 4.07. The second-order valence-corrected chi connectivity index (χ2v) is 5.70. The lowest BCUT2D eigenvalue weighted by atomic mass is 10.1. The predicted octanol–water partition coefficient (Wildman–Crippen LogP) is 3.20. The summed E-state index contributed by atoms with van der Waals surface area (Å²) >= 11 is 6.04. The van der Waals surface area contributed by atoms with E-state index in [9.17, 15) is 0 Å². The molecule has 0 spiro atoms. The van der Waals surface area contributed by atoms with Gasteiger partial charge in [0.1, 0.15) is 0 Å². The fraction of sp³-hybridized carbons (Fsp3) is 0.400. The van der Waals surface area contributed by atoms with Gasteiger partial charge in [0.2, 0.25) is 0 Å². The minimum Gasteiger partial charge on any atom is -0.336 e. The number of rotatable bonds is 4. The molecule has 0 radical (unpaired) electrons. The number of aromatic nitrogens is 2. The average Bonchev–Trinajstić information content (AvgIpc) is 2.99. The van der Waals surface area contributed by atoms with Crippen molar-refractivity contribution < 1.29 is 0 Å². The Morgan fingerprint density at radius 2 is 2.42 bits per heavy atom. The summed E-state index contributed by atoms with van der Waals surface area (Å²) in [6.45, 7) is 3.16. The molecule has 0 aliphatic heterocycles. The monoisotopic (exact) mass is 275 g/mol. The Kier molecular flexibility index (Phi) is 3.58. The Balaban J connectivity index is 1.66. The van der Waals surface area contributed by atoms with Crippen molar-refractivity contribution in [2.24, 2.45) is 0 Å². The lowest BCUT2D eigenvalue weighted by Gasteiger charge is -2.20. The molecule has 0 amide bonds. The van der Waals surface area contributed by atoms with Gasteiger partial charge in [-0.15, -0.1) is 0 Å². The third-order valence-electron chi connectivity index (χ3n) is 3.71. The van der Waals surface area contributed by atoms with Crippen LogP contribution in [0.15, 0.2) is 36.9 Å². The van der Waals surface area contributed by atoms with Gasteiger partial charge in [0.25, 0.3) is 0 Å². The topological polar surface area (TPSA) is 29.9 Å². The van der Waals surface area contributed by atoms with Crippen molar-refractivity contribution in [3.8, 4) is 0 Å². The van der Waals surface area contributed by atoms with Crippen LogP contribution in [0.4, 0.5) is 0 Å². The second-order valence-electron chi connectivity index (χ2n) is 5.26. The number of halogens is 1. The zero-order chi connectivity index (χ0) is 13.2. The van der Waals surface area contributed by atoms with Gasteiger partial charge in [-0.25, -0.2) is 4.98 Å². The molecule has 2 unspecified atom stereocenters. The van der Waals surface area contributed by atoms with Gasteiger partial charge in [0.05, 0.1) is 6.33 Å². The van der Waals surface area contributed by atoms with E-state index in [1.54, 1.807) is 0 Å². The number of imidazole rings is 1. The molecule has 0 fully saturated rings. The molecule has 1 N–H and O–H groups in total. The van der Waals surface area contributed by atoms with Crippen LogP contribution >= 0.6 is 11.6 Å². The first kappa shape index (κ1) is 12.7. The number of nitrogens with zero attached hydrogens (tertiary/aromatic N) is 2. The van der Waals surface area contributed by atoms with Crippen LogP contribution in [0.5, 0.6) is 0 Å². The van der Waals surface area contributed by atoms with E-state index in [1.165, 1.54) is 11.1 Å². The van der Waals surface area contributed by atoms with Crippen LogP contribution < -0.4 is 5.32 Å². The maximum Gasteiger partial charge on any atom is 0.0946 e. The van der Waals surface area contributed by atoms with Crippen molar-refractivity contribution in [3.05, 3.63) is 53.1 Å². The van der Waals surface area contributed by atoms with Gasteiger partial charge in [-0.1, -0.05) is 17.7 Å². The summed E-state index contributed by atoms with van der Waals surface area (Å²) in [6.07, 6.45) is 7.95. The number of nitrogens with one attached hydrogen (secondary N) is 1. The summed E-state index contributed by atoms with van der Waals surface area (Å²) in [5.74, 6) is 0. The maximum absolute atomic E-state index is 6.04. The van der Waals surface area contributed by atoms with Crippen LogP contribution in [-0.4, -0.2) is 15.6 Å². The van der Waals surface area contributed by atoms with Crippen molar-refractivity contribution in [2.45, 2.75) is 38.4 Å². The molecule has 3 nitrogen and oxygen atoms in total. The van der Waals surface area contributed by atoms with Crippen LogP contribution in [0.25, 0.3) is 0 Å². The van der Waals surface area contributed by atoms with Crippen molar-refractivity contribution in [1.82, 2.24) is 14.9 Å². The van der Waals surface area contributed by atoms with Gasteiger partial charge in [-0.05, 0) is 43.0 Å². The van der Waals surface area contributed by atoms with E-state index < -0.39 is 0 Å². The molecule has 1 aromatic heterocycles. The van der Waals surface area contributed by atoms with E-state index in [-0.39, 0.29) is 0 Å². The molecule has 1 aliphatic rings. The first-order valence-electron chi connectivity index (χ1n) is 6.72. The molecule has 1 aromatic carbocycles. The van der Waals surface area contributed by atoms with Crippen LogP contribution in [0, 0.1) is 0 Å². The number of benzene rings is 1. The van der Waals surface area contributed by atoms with Crippen molar-refractivity contribution in [2.75, 3.05) is 0 Å². The van der Waals surface area contributed by atoms with Crippen molar-refractivity contribution >= 4 is 11.6 Å². The van der Waals surface area contributed by atoms with Gasteiger partial charge >= 0.3 is 0 Å². The van der Waals surface area contributed by atoms with E-state index in [4.69, 9.17) is 11.6 Å². The molecule has 4 heteroatoms. The fourth-order valence-electron chi connectivity index (χ4n) is 2.87. The molecular formula is C15H18ClN3. The fourth-order valence-corrected chi connectivity index (χ4v) is 3.06. The van der Waals surface area contributed by atoms with Gasteiger partial charge in [0.15, 0.2) is 0 Å². The van der Waals surface area contributed by atoms with Gasteiger partial charge in [0, 0.05) is 36.0 Å². The minimum absolute atomic E-state index is 0.417. The van der Waals surface area contributed by atoms with Crippen molar-refractivity contribution in [1.29, 1.82) is 0 Å². The molecule has 2 atom stereocenters. The summed E-state index contributed by atoms with van der Waals surface area (Å²) in [5.41, 5.74) is 2.79. The maximum atomic E-state index is 6.04. The molecule has 0 saturated heterocycles. The molecule has 0 saturated carbocycles. The average molecular weight is 276 g/mol. The molecule has 3 rings (SSSR count). The number of hydrogen-bond donors (Lipinski definition) is 1. The van der Waals surface area contributed by atoms with E-state index in [0.717, 1.165) is 24.4 Å². The normalized spacial score (nSPS) is 19.4. The van der Waals surface area contributed by atoms with Gasteiger partial charge < -0.3 is 9.88 Å². The van der Waals surface area contributed by atoms with E-state index in [0.29, 0.717) is 12.1 Å².